The maximum atomic E-state index is 12.8. The number of alkyl halides is 3. The van der Waals surface area contributed by atoms with Crippen LogP contribution >= 0.6 is 0 Å². The van der Waals surface area contributed by atoms with E-state index in [0.29, 0.717) is 11.4 Å². The lowest BCUT2D eigenvalue weighted by Gasteiger charge is -2.10. The summed E-state index contributed by atoms with van der Waals surface area (Å²) >= 11 is 0. The molecule has 9 heteroatoms. The van der Waals surface area contributed by atoms with Gasteiger partial charge in [0.1, 0.15) is 12.1 Å². The predicted molar refractivity (Wildman–Crippen MR) is 106 cm³/mol. The molecule has 6 nitrogen and oxygen atoms in total. The summed E-state index contributed by atoms with van der Waals surface area (Å²) in [4.78, 5) is 31.9. The minimum atomic E-state index is -4.50. The predicted octanol–water partition coefficient (Wildman–Crippen LogP) is 4.40. The van der Waals surface area contributed by atoms with Gasteiger partial charge < -0.3 is 10.6 Å². The summed E-state index contributed by atoms with van der Waals surface area (Å²) < 4.78 is 38.4. The number of benzene rings is 2. The van der Waals surface area contributed by atoms with E-state index in [-0.39, 0.29) is 11.3 Å². The minimum absolute atomic E-state index is 0.0278. The molecule has 0 bridgehead atoms. The van der Waals surface area contributed by atoms with Crippen LogP contribution in [0.5, 0.6) is 0 Å². The molecule has 3 rings (SSSR count). The van der Waals surface area contributed by atoms with Crippen molar-refractivity contribution in [3.8, 4) is 0 Å². The van der Waals surface area contributed by atoms with Gasteiger partial charge in [0.05, 0.1) is 5.56 Å². The lowest BCUT2D eigenvalue weighted by atomic mass is 10.1. The van der Waals surface area contributed by atoms with Crippen molar-refractivity contribution in [1.82, 2.24) is 9.97 Å². The Hall–Kier alpha value is -4.01. The minimum Gasteiger partial charge on any atom is -0.322 e. The standard InChI is InChI=1S/C21H15F3N4O2/c22-21(23,24)16-5-2-6-17(12-16)27-20(30)15-4-1-3-14(11-15)7-8-19(29)28-18-9-10-25-13-26-18/h1-13H,(H,27,30)(H,25,26,28,29). The molecule has 3 aromatic rings. The van der Waals surface area contributed by atoms with Crippen LogP contribution in [0.4, 0.5) is 24.7 Å². The van der Waals surface area contributed by atoms with Gasteiger partial charge in [0.2, 0.25) is 5.91 Å². The Balaban J connectivity index is 1.67. The van der Waals surface area contributed by atoms with Crippen LogP contribution in [-0.2, 0) is 11.0 Å². The zero-order valence-electron chi connectivity index (χ0n) is 15.4. The van der Waals surface area contributed by atoms with Gasteiger partial charge in [0.15, 0.2) is 0 Å². The van der Waals surface area contributed by atoms with Gasteiger partial charge >= 0.3 is 6.18 Å². The van der Waals surface area contributed by atoms with Crippen LogP contribution in [-0.4, -0.2) is 21.8 Å². The summed E-state index contributed by atoms with van der Waals surface area (Å²) in [5.74, 6) is -0.656. The second-order valence-corrected chi connectivity index (χ2v) is 6.08. The van der Waals surface area contributed by atoms with Gasteiger partial charge in [-0.25, -0.2) is 9.97 Å². The van der Waals surface area contributed by atoms with E-state index in [1.165, 1.54) is 55.0 Å². The molecule has 0 aliphatic heterocycles. The largest absolute Gasteiger partial charge is 0.416 e. The number of rotatable bonds is 5. The number of hydrogen-bond donors (Lipinski definition) is 2. The molecule has 0 saturated carbocycles. The van der Waals surface area contributed by atoms with Gasteiger partial charge in [-0.1, -0.05) is 18.2 Å². The Morgan fingerprint density at radius 2 is 1.77 bits per heavy atom. The summed E-state index contributed by atoms with van der Waals surface area (Å²) in [6, 6.07) is 12.2. The summed E-state index contributed by atoms with van der Waals surface area (Å²) in [7, 11) is 0. The molecular formula is C21H15F3N4O2. The molecule has 2 N–H and O–H groups in total. The van der Waals surface area contributed by atoms with E-state index in [1.807, 2.05) is 0 Å². The van der Waals surface area contributed by atoms with Crippen molar-refractivity contribution < 1.29 is 22.8 Å². The van der Waals surface area contributed by atoms with E-state index in [0.717, 1.165) is 12.1 Å². The van der Waals surface area contributed by atoms with Crippen LogP contribution in [0.3, 0.4) is 0 Å². The smallest absolute Gasteiger partial charge is 0.322 e. The molecule has 0 spiro atoms. The van der Waals surface area contributed by atoms with Crippen molar-refractivity contribution in [1.29, 1.82) is 0 Å². The van der Waals surface area contributed by atoms with Crippen LogP contribution in [0.25, 0.3) is 6.08 Å². The van der Waals surface area contributed by atoms with Crippen molar-refractivity contribution in [3.63, 3.8) is 0 Å². The first kappa shape index (κ1) is 20.7. The number of amides is 2. The average Bonchev–Trinajstić information content (AvgIpc) is 2.73. The van der Waals surface area contributed by atoms with Crippen LogP contribution in [0.15, 0.2) is 73.2 Å². The molecule has 0 unspecified atom stereocenters. The van der Waals surface area contributed by atoms with Crippen LogP contribution in [0.2, 0.25) is 0 Å². The van der Waals surface area contributed by atoms with Crippen LogP contribution < -0.4 is 10.6 Å². The van der Waals surface area contributed by atoms with Gasteiger partial charge in [-0.3, -0.25) is 9.59 Å². The van der Waals surface area contributed by atoms with Gasteiger partial charge in [-0.05, 0) is 48.0 Å². The quantitative estimate of drug-likeness (QED) is 0.609. The number of anilines is 2. The summed E-state index contributed by atoms with van der Waals surface area (Å²) in [5.41, 5.74) is -0.0398. The number of aromatic nitrogens is 2. The molecular weight excluding hydrogens is 397 g/mol. The number of carbonyl (C=O) groups is 2. The molecule has 152 valence electrons. The van der Waals surface area contributed by atoms with Crippen molar-refractivity contribution >= 4 is 29.4 Å². The highest BCUT2D eigenvalue weighted by Crippen LogP contribution is 2.30. The molecule has 0 radical (unpaired) electrons. The van der Waals surface area contributed by atoms with E-state index in [4.69, 9.17) is 0 Å². The summed E-state index contributed by atoms with van der Waals surface area (Å²) in [5, 5.41) is 4.99. The van der Waals surface area contributed by atoms with Gasteiger partial charge in [0, 0.05) is 23.5 Å². The van der Waals surface area contributed by atoms with Gasteiger partial charge in [0.25, 0.3) is 5.91 Å². The molecule has 0 atom stereocenters. The normalized spacial score (nSPS) is 11.3. The monoisotopic (exact) mass is 412 g/mol. The number of carbonyl (C=O) groups excluding carboxylic acids is 2. The van der Waals surface area contributed by atoms with E-state index in [2.05, 4.69) is 20.6 Å². The number of halogens is 3. The summed E-state index contributed by atoms with van der Waals surface area (Å²) in [6.07, 6.45) is 1.05. The van der Waals surface area contributed by atoms with E-state index < -0.39 is 23.6 Å². The zero-order valence-corrected chi connectivity index (χ0v) is 15.4. The third-order valence-electron chi connectivity index (χ3n) is 3.86. The third kappa shape index (κ3) is 5.74. The second-order valence-electron chi connectivity index (χ2n) is 6.08. The van der Waals surface area contributed by atoms with Crippen molar-refractivity contribution in [2.75, 3.05) is 10.6 Å². The molecule has 2 aromatic carbocycles. The Morgan fingerprint density at radius 1 is 0.967 bits per heavy atom. The number of nitrogens with one attached hydrogen (secondary N) is 2. The summed E-state index contributed by atoms with van der Waals surface area (Å²) in [6.45, 7) is 0. The molecule has 2 amide bonds. The van der Waals surface area contributed by atoms with Crippen LogP contribution in [0, 0.1) is 0 Å². The first-order valence-electron chi connectivity index (χ1n) is 8.65. The van der Waals surface area contributed by atoms with Gasteiger partial charge in [-0.2, -0.15) is 13.2 Å². The lowest BCUT2D eigenvalue weighted by molar-refractivity contribution is -0.137. The number of hydrogen-bond acceptors (Lipinski definition) is 4. The lowest BCUT2D eigenvalue weighted by Crippen LogP contribution is -2.13. The zero-order chi connectivity index (χ0) is 21.6. The fourth-order valence-electron chi connectivity index (χ4n) is 2.46. The Bertz CT molecular complexity index is 1080. The highest BCUT2D eigenvalue weighted by Gasteiger charge is 2.30. The number of nitrogens with zero attached hydrogens (tertiary/aromatic N) is 2. The molecule has 0 saturated heterocycles. The molecule has 1 heterocycles. The average molecular weight is 412 g/mol. The SMILES string of the molecule is O=C(C=Cc1cccc(C(=O)Nc2cccc(C(F)(F)F)c2)c1)Nc1ccncn1. The fraction of sp³-hybridized carbons (Fsp3) is 0.0476. The Labute approximate surface area is 169 Å². The first-order chi connectivity index (χ1) is 14.3. The molecule has 0 fully saturated rings. The van der Waals surface area contributed by atoms with E-state index in [9.17, 15) is 22.8 Å². The first-order valence-corrected chi connectivity index (χ1v) is 8.65. The maximum Gasteiger partial charge on any atom is 0.416 e. The molecule has 0 aliphatic carbocycles. The van der Waals surface area contributed by atoms with Crippen LogP contribution in [0.1, 0.15) is 21.5 Å². The van der Waals surface area contributed by atoms with Gasteiger partial charge in [-0.15, -0.1) is 0 Å². The molecule has 1 aromatic heterocycles. The van der Waals surface area contributed by atoms with Crippen molar-refractivity contribution in [3.05, 3.63) is 89.9 Å². The fourth-order valence-corrected chi connectivity index (χ4v) is 2.46. The topological polar surface area (TPSA) is 84.0 Å². The Kier molecular flexibility index (Phi) is 6.21. The van der Waals surface area contributed by atoms with Crippen molar-refractivity contribution in [2.24, 2.45) is 0 Å². The maximum absolute atomic E-state index is 12.8. The van der Waals surface area contributed by atoms with Crippen molar-refractivity contribution in [2.45, 2.75) is 6.18 Å². The Morgan fingerprint density at radius 3 is 2.50 bits per heavy atom. The highest BCUT2D eigenvalue weighted by atomic mass is 19.4. The third-order valence-corrected chi connectivity index (χ3v) is 3.86. The van der Waals surface area contributed by atoms with E-state index in [1.54, 1.807) is 12.1 Å². The molecule has 0 aliphatic rings. The molecule has 30 heavy (non-hydrogen) atoms. The second kappa shape index (κ2) is 8.99. The van der Waals surface area contributed by atoms with E-state index >= 15 is 0 Å². The highest BCUT2D eigenvalue weighted by molar-refractivity contribution is 6.05.